The summed E-state index contributed by atoms with van der Waals surface area (Å²) in [6, 6.07) is 6.20. The van der Waals surface area contributed by atoms with Gasteiger partial charge in [-0.05, 0) is 31.5 Å². The minimum absolute atomic E-state index is 0.0123. The third-order valence-electron chi connectivity index (χ3n) is 5.17. The molecule has 3 amide bonds. The van der Waals surface area contributed by atoms with Gasteiger partial charge < -0.3 is 5.32 Å². The first-order chi connectivity index (χ1) is 14.1. The Bertz CT molecular complexity index is 1170. The predicted octanol–water partition coefficient (Wildman–Crippen LogP) is 1.94. The topological polar surface area (TPSA) is 118 Å². The molecule has 1 fully saturated rings. The molecule has 1 aromatic heterocycles. The summed E-state index contributed by atoms with van der Waals surface area (Å²) in [5, 5.41) is 7.05. The lowest BCUT2D eigenvalue weighted by molar-refractivity contribution is -0.116. The van der Waals surface area contributed by atoms with E-state index in [2.05, 4.69) is 26.3 Å². The Labute approximate surface area is 181 Å². The SMILES string of the molecule is Cc1cc(NC(=O)CCN2C(=O)c3ccc(Br)cc3C2=O)n(C2CCS(=O)(=O)C2)n1. The van der Waals surface area contributed by atoms with Crippen LogP contribution in [0.5, 0.6) is 0 Å². The fourth-order valence-electron chi connectivity index (χ4n) is 3.74. The lowest BCUT2D eigenvalue weighted by Gasteiger charge is -2.15. The molecule has 3 heterocycles. The summed E-state index contributed by atoms with van der Waals surface area (Å²) in [5.74, 6) is -0.754. The molecular formula is C19H19BrN4O5S. The highest BCUT2D eigenvalue weighted by molar-refractivity contribution is 9.10. The Hall–Kier alpha value is -2.53. The van der Waals surface area contributed by atoms with Crippen molar-refractivity contribution in [3.63, 3.8) is 0 Å². The highest BCUT2D eigenvalue weighted by Crippen LogP contribution is 2.28. The largest absolute Gasteiger partial charge is 0.311 e. The number of carbonyl (C=O) groups excluding carboxylic acids is 3. The van der Waals surface area contributed by atoms with Gasteiger partial charge in [0.15, 0.2) is 9.84 Å². The summed E-state index contributed by atoms with van der Waals surface area (Å²) < 4.78 is 25.8. The number of benzene rings is 1. The summed E-state index contributed by atoms with van der Waals surface area (Å²) in [4.78, 5) is 38.5. The molecule has 0 saturated carbocycles. The van der Waals surface area contributed by atoms with Gasteiger partial charge in [-0.15, -0.1) is 0 Å². The molecular weight excluding hydrogens is 476 g/mol. The molecule has 1 N–H and O–H groups in total. The van der Waals surface area contributed by atoms with Gasteiger partial charge in [0.05, 0.1) is 34.4 Å². The minimum atomic E-state index is -3.10. The zero-order valence-electron chi connectivity index (χ0n) is 16.1. The van der Waals surface area contributed by atoms with Crippen molar-refractivity contribution in [1.82, 2.24) is 14.7 Å². The second-order valence-electron chi connectivity index (χ2n) is 7.42. The van der Waals surface area contributed by atoms with Crippen LogP contribution in [-0.4, -0.2) is 58.9 Å². The number of nitrogens with one attached hydrogen (secondary N) is 1. The van der Waals surface area contributed by atoms with E-state index in [1.165, 1.54) is 4.68 Å². The van der Waals surface area contributed by atoms with Gasteiger partial charge in [0.25, 0.3) is 11.8 Å². The zero-order chi connectivity index (χ0) is 21.6. The number of anilines is 1. The van der Waals surface area contributed by atoms with Gasteiger partial charge in [0.2, 0.25) is 5.91 Å². The number of nitrogens with zero attached hydrogens (tertiary/aromatic N) is 3. The smallest absolute Gasteiger partial charge is 0.261 e. The van der Waals surface area contributed by atoms with Crippen molar-refractivity contribution >= 4 is 49.3 Å². The van der Waals surface area contributed by atoms with Gasteiger partial charge in [-0.3, -0.25) is 19.3 Å². The molecule has 30 heavy (non-hydrogen) atoms. The normalized spacial score (nSPS) is 19.9. The van der Waals surface area contributed by atoms with Crippen LogP contribution < -0.4 is 5.32 Å². The van der Waals surface area contributed by atoms with E-state index in [4.69, 9.17) is 0 Å². The summed E-state index contributed by atoms with van der Waals surface area (Å²) in [6.45, 7) is 1.70. The number of imide groups is 1. The van der Waals surface area contributed by atoms with E-state index in [0.717, 1.165) is 4.90 Å². The van der Waals surface area contributed by atoms with Crippen LogP contribution in [0.25, 0.3) is 0 Å². The van der Waals surface area contributed by atoms with Gasteiger partial charge in [0, 0.05) is 23.5 Å². The number of sulfone groups is 1. The molecule has 158 valence electrons. The third-order valence-corrected chi connectivity index (χ3v) is 7.42. The lowest BCUT2D eigenvalue weighted by Crippen LogP contribution is -2.33. The fourth-order valence-corrected chi connectivity index (χ4v) is 5.79. The van der Waals surface area contributed by atoms with Crippen molar-refractivity contribution < 1.29 is 22.8 Å². The number of hydrogen-bond donors (Lipinski definition) is 1. The first-order valence-corrected chi connectivity index (χ1v) is 12.0. The number of halogens is 1. The summed E-state index contributed by atoms with van der Waals surface area (Å²) in [6.07, 6.45) is 0.358. The molecule has 1 atom stereocenters. The van der Waals surface area contributed by atoms with Crippen LogP contribution >= 0.6 is 15.9 Å². The highest BCUT2D eigenvalue weighted by atomic mass is 79.9. The van der Waals surface area contributed by atoms with Gasteiger partial charge in [-0.2, -0.15) is 5.10 Å². The van der Waals surface area contributed by atoms with Crippen molar-refractivity contribution in [3.8, 4) is 0 Å². The van der Waals surface area contributed by atoms with E-state index in [9.17, 15) is 22.8 Å². The monoisotopic (exact) mass is 494 g/mol. The second-order valence-corrected chi connectivity index (χ2v) is 10.6. The van der Waals surface area contributed by atoms with Crippen LogP contribution in [0, 0.1) is 6.92 Å². The highest BCUT2D eigenvalue weighted by Gasteiger charge is 2.36. The van der Waals surface area contributed by atoms with E-state index >= 15 is 0 Å². The molecule has 9 nitrogen and oxygen atoms in total. The molecule has 4 rings (SSSR count). The summed E-state index contributed by atoms with van der Waals surface area (Å²) >= 11 is 3.28. The van der Waals surface area contributed by atoms with E-state index in [0.29, 0.717) is 33.5 Å². The van der Waals surface area contributed by atoms with Crippen LogP contribution in [-0.2, 0) is 14.6 Å². The van der Waals surface area contributed by atoms with Gasteiger partial charge in [0.1, 0.15) is 5.82 Å². The molecule has 0 spiro atoms. The average Bonchev–Trinajstić information content (AvgIpc) is 3.28. The quantitative estimate of drug-likeness (QED) is 0.634. The van der Waals surface area contributed by atoms with Gasteiger partial charge in [-0.1, -0.05) is 15.9 Å². The van der Waals surface area contributed by atoms with E-state index < -0.39 is 27.6 Å². The van der Waals surface area contributed by atoms with E-state index in [-0.39, 0.29) is 30.5 Å². The average molecular weight is 495 g/mol. The van der Waals surface area contributed by atoms with Crippen LogP contribution in [0.1, 0.15) is 45.3 Å². The number of carbonyl (C=O) groups is 3. The first kappa shape index (κ1) is 20.7. The maximum absolute atomic E-state index is 12.5. The molecule has 0 bridgehead atoms. The maximum Gasteiger partial charge on any atom is 0.261 e. The summed E-state index contributed by atoms with van der Waals surface area (Å²) in [7, 11) is -3.10. The summed E-state index contributed by atoms with van der Waals surface area (Å²) in [5.41, 5.74) is 1.28. The van der Waals surface area contributed by atoms with Crippen LogP contribution in [0.3, 0.4) is 0 Å². The lowest BCUT2D eigenvalue weighted by atomic mass is 10.1. The van der Waals surface area contributed by atoms with E-state index in [1.54, 1.807) is 31.2 Å². The number of aromatic nitrogens is 2. The Morgan fingerprint density at radius 2 is 1.97 bits per heavy atom. The number of rotatable bonds is 5. The molecule has 1 aromatic carbocycles. The van der Waals surface area contributed by atoms with Crippen LogP contribution in [0.15, 0.2) is 28.7 Å². The molecule has 0 aliphatic carbocycles. The minimum Gasteiger partial charge on any atom is -0.311 e. The number of aryl methyl sites for hydroxylation is 1. The van der Waals surface area contributed by atoms with Crippen molar-refractivity contribution in [1.29, 1.82) is 0 Å². The fraction of sp³-hybridized carbons (Fsp3) is 0.368. The second kappa shape index (κ2) is 7.62. The molecule has 1 unspecified atom stereocenters. The molecule has 0 radical (unpaired) electrons. The maximum atomic E-state index is 12.5. The first-order valence-electron chi connectivity index (χ1n) is 9.37. The molecule has 2 aliphatic rings. The van der Waals surface area contributed by atoms with Crippen molar-refractivity contribution in [2.24, 2.45) is 0 Å². The molecule has 11 heteroatoms. The Kier molecular flexibility index (Phi) is 5.27. The van der Waals surface area contributed by atoms with E-state index in [1.807, 2.05) is 0 Å². The van der Waals surface area contributed by atoms with Crippen LogP contribution in [0.4, 0.5) is 5.82 Å². The Balaban J connectivity index is 1.42. The number of hydrogen-bond acceptors (Lipinski definition) is 6. The van der Waals surface area contributed by atoms with Crippen molar-refractivity contribution in [2.45, 2.75) is 25.8 Å². The van der Waals surface area contributed by atoms with Crippen LogP contribution in [0.2, 0.25) is 0 Å². The molecule has 2 aliphatic heterocycles. The predicted molar refractivity (Wildman–Crippen MR) is 112 cm³/mol. The zero-order valence-corrected chi connectivity index (χ0v) is 18.5. The van der Waals surface area contributed by atoms with Crippen molar-refractivity contribution in [3.05, 3.63) is 45.6 Å². The van der Waals surface area contributed by atoms with Crippen molar-refractivity contribution in [2.75, 3.05) is 23.4 Å². The molecule has 2 aromatic rings. The number of fused-ring (bicyclic) bond motifs is 1. The standard InChI is InChI=1S/C19H19BrN4O5S/c1-11-8-16(24(22-11)13-5-7-30(28,29)10-13)21-17(25)4-6-23-18(26)14-3-2-12(20)9-15(14)19(23)27/h2-3,8-9,13H,4-7,10H2,1H3,(H,21,25). The number of amides is 3. The molecule has 1 saturated heterocycles. The Morgan fingerprint density at radius 1 is 1.23 bits per heavy atom. The van der Waals surface area contributed by atoms with Gasteiger partial charge >= 0.3 is 0 Å². The third kappa shape index (κ3) is 3.91. The Morgan fingerprint density at radius 3 is 2.67 bits per heavy atom. The van der Waals surface area contributed by atoms with Gasteiger partial charge in [-0.25, -0.2) is 13.1 Å².